The van der Waals surface area contributed by atoms with Gasteiger partial charge in [-0.05, 0) is 44.0 Å². The number of sulfonamides is 1. The van der Waals surface area contributed by atoms with Crippen molar-refractivity contribution in [1.29, 1.82) is 0 Å². The number of amides is 1. The van der Waals surface area contributed by atoms with Crippen LogP contribution in [0.15, 0.2) is 46.9 Å². The largest absolute Gasteiger partial charge is 0.489 e. The predicted octanol–water partition coefficient (Wildman–Crippen LogP) is 3.68. The maximum Gasteiger partial charge on any atom is 0.268 e. The highest BCUT2D eigenvalue weighted by molar-refractivity contribution is 7.91. The standard InChI is InChI=1S/C20H18FNO5S/c1-12-19(20(23)22-28(24,25)15-7-8-15)16-10-14(6-9-18(16)27-12)26-11-13-4-2-3-5-17(13)21/h2-6,9-10,15H,7-8,11H2,1H3,(H,22,23). The zero-order valence-corrected chi connectivity index (χ0v) is 15.9. The molecule has 1 aromatic heterocycles. The van der Waals surface area contributed by atoms with Gasteiger partial charge in [0.25, 0.3) is 5.91 Å². The zero-order valence-electron chi connectivity index (χ0n) is 15.1. The number of fused-ring (bicyclic) bond motifs is 1. The predicted molar refractivity (Wildman–Crippen MR) is 101 cm³/mol. The molecule has 0 atom stereocenters. The van der Waals surface area contributed by atoms with Gasteiger partial charge in [-0.15, -0.1) is 0 Å². The van der Waals surface area contributed by atoms with Crippen LogP contribution in [0.4, 0.5) is 4.39 Å². The molecule has 3 aromatic rings. The molecule has 1 aliphatic carbocycles. The molecule has 1 N–H and O–H groups in total. The molecular weight excluding hydrogens is 385 g/mol. The molecule has 28 heavy (non-hydrogen) atoms. The third kappa shape index (κ3) is 3.60. The topological polar surface area (TPSA) is 85.6 Å². The highest BCUT2D eigenvalue weighted by Crippen LogP contribution is 2.31. The molecule has 0 bridgehead atoms. The summed E-state index contributed by atoms with van der Waals surface area (Å²) in [6, 6.07) is 11.2. The summed E-state index contributed by atoms with van der Waals surface area (Å²) in [6.07, 6.45) is 1.11. The number of hydrogen-bond acceptors (Lipinski definition) is 5. The molecule has 1 fully saturated rings. The van der Waals surface area contributed by atoms with Crippen molar-refractivity contribution in [2.75, 3.05) is 0 Å². The number of furan rings is 1. The van der Waals surface area contributed by atoms with E-state index in [0.717, 1.165) is 0 Å². The van der Waals surface area contributed by atoms with Gasteiger partial charge in [-0.2, -0.15) is 0 Å². The highest BCUT2D eigenvalue weighted by Gasteiger charge is 2.37. The number of ether oxygens (including phenoxy) is 1. The second-order valence-electron chi connectivity index (χ2n) is 6.75. The third-order valence-electron chi connectivity index (χ3n) is 4.61. The van der Waals surface area contributed by atoms with E-state index in [4.69, 9.17) is 9.15 Å². The molecule has 1 amide bonds. The van der Waals surface area contributed by atoms with Crippen LogP contribution in [-0.2, 0) is 16.6 Å². The molecule has 1 heterocycles. The van der Waals surface area contributed by atoms with Crippen LogP contribution >= 0.6 is 0 Å². The molecule has 1 aliphatic rings. The van der Waals surface area contributed by atoms with E-state index in [-0.39, 0.29) is 18.0 Å². The van der Waals surface area contributed by atoms with Crippen molar-refractivity contribution in [1.82, 2.24) is 4.72 Å². The lowest BCUT2D eigenvalue weighted by molar-refractivity contribution is 0.0981. The van der Waals surface area contributed by atoms with E-state index in [2.05, 4.69) is 4.72 Å². The number of nitrogens with one attached hydrogen (secondary N) is 1. The molecule has 2 aromatic carbocycles. The van der Waals surface area contributed by atoms with Crippen molar-refractivity contribution in [3.05, 3.63) is 65.2 Å². The Labute approximate surface area is 161 Å². The second kappa shape index (κ2) is 6.94. The molecule has 0 spiro atoms. The fourth-order valence-corrected chi connectivity index (χ4v) is 4.27. The maximum atomic E-state index is 13.7. The zero-order chi connectivity index (χ0) is 19.9. The van der Waals surface area contributed by atoms with Crippen molar-refractivity contribution in [2.24, 2.45) is 0 Å². The monoisotopic (exact) mass is 403 g/mol. The minimum absolute atomic E-state index is 0.0204. The Hall–Kier alpha value is -2.87. The minimum Gasteiger partial charge on any atom is -0.489 e. The van der Waals surface area contributed by atoms with E-state index in [1.54, 1.807) is 43.3 Å². The van der Waals surface area contributed by atoms with Crippen LogP contribution in [0.1, 0.15) is 34.5 Å². The van der Waals surface area contributed by atoms with Gasteiger partial charge in [0.2, 0.25) is 10.0 Å². The number of rotatable bonds is 6. The number of benzene rings is 2. The van der Waals surface area contributed by atoms with Crippen molar-refractivity contribution in [3.63, 3.8) is 0 Å². The Kier molecular flexibility index (Phi) is 4.58. The summed E-state index contributed by atoms with van der Waals surface area (Å²) in [6.45, 7) is 1.62. The van der Waals surface area contributed by atoms with Crippen LogP contribution in [0.5, 0.6) is 5.75 Å². The van der Waals surface area contributed by atoms with Crippen LogP contribution in [0, 0.1) is 12.7 Å². The summed E-state index contributed by atoms with van der Waals surface area (Å²) in [5.74, 6) is -0.372. The minimum atomic E-state index is -3.67. The molecule has 146 valence electrons. The first-order chi connectivity index (χ1) is 13.3. The lowest BCUT2D eigenvalue weighted by Gasteiger charge is -2.08. The molecule has 4 rings (SSSR count). The van der Waals surface area contributed by atoms with Gasteiger partial charge >= 0.3 is 0 Å². The summed E-state index contributed by atoms with van der Waals surface area (Å²) >= 11 is 0. The molecule has 0 radical (unpaired) electrons. The molecule has 6 nitrogen and oxygen atoms in total. The summed E-state index contributed by atoms with van der Waals surface area (Å²) in [7, 11) is -3.67. The number of carbonyl (C=O) groups is 1. The van der Waals surface area contributed by atoms with Gasteiger partial charge < -0.3 is 9.15 Å². The van der Waals surface area contributed by atoms with Gasteiger partial charge in [-0.25, -0.2) is 17.5 Å². The highest BCUT2D eigenvalue weighted by atomic mass is 32.2. The first-order valence-electron chi connectivity index (χ1n) is 8.80. The Balaban J connectivity index is 1.60. The lowest BCUT2D eigenvalue weighted by Crippen LogP contribution is -2.33. The Morgan fingerprint density at radius 1 is 1.25 bits per heavy atom. The van der Waals surface area contributed by atoms with Crippen LogP contribution in [0.25, 0.3) is 11.0 Å². The molecular formula is C20H18FNO5S. The molecule has 0 aliphatic heterocycles. The van der Waals surface area contributed by atoms with Crippen molar-refractivity contribution < 1.29 is 26.8 Å². The van der Waals surface area contributed by atoms with E-state index in [0.29, 0.717) is 40.9 Å². The van der Waals surface area contributed by atoms with Crippen LogP contribution < -0.4 is 9.46 Å². The smallest absolute Gasteiger partial charge is 0.268 e. The van der Waals surface area contributed by atoms with E-state index >= 15 is 0 Å². The summed E-state index contributed by atoms with van der Waals surface area (Å²) in [4.78, 5) is 12.6. The van der Waals surface area contributed by atoms with Crippen LogP contribution in [-0.4, -0.2) is 19.6 Å². The first kappa shape index (κ1) is 18.5. The second-order valence-corrected chi connectivity index (χ2v) is 8.71. The Bertz CT molecular complexity index is 1160. The lowest BCUT2D eigenvalue weighted by atomic mass is 10.1. The van der Waals surface area contributed by atoms with Gasteiger partial charge in [0.1, 0.15) is 29.5 Å². The average molecular weight is 403 g/mol. The van der Waals surface area contributed by atoms with E-state index in [1.807, 2.05) is 0 Å². The number of halogens is 1. The summed E-state index contributed by atoms with van der Waals surface area (Å²) in [5, 5.41) is -0.0679. The summed E-state index contributed by atoms with van der Waals surface area (Å²) in [5.41, 5.74) is 0.986. The van der Waals surface area contributed by atoms with Gasteiger partial charge in [-0.1, -0.05) is 18.2 Å². The van der Waals surface area contributed by atoms with Gasteiger partial charge in [0.05, 0.1) is 10.8 Å². The van der Waals surface area contributed by atoms with Crippen LogP contribution in [0.2, 0.25) is 0 Å². The molecule has 0 saturated heterocycles. The fourth-order valence-electron chi connectivity index (χ4n) is 2.99. The summed E-state index contributed by atoms with van der Waals surface area (Å²) < 4.78 is 51.2. The number of hydrogen-bond donors (Lipinski definition) is 1. The Morgan fingerprint density at radius 3 is 2.71 bits per heavy atom. The normalized spacial score (nSPS) is 14.2. The van der Waals surface area contributed by atoms with Crippen LogP contribution in [0.3, 0.4) is 0 Å². The van der Waals surface area contributed by atoms with Gasteiger partial charge in [-0.3, -0.25) is 4.79 Å². The van der Waals surface area contributed by atoms with Gasteiger partial charge in [0.15, 0.2) is 0 Å². The van der Waals surface area contributed by atoms with Crippen molar-refractivity contribution >= 4 is 26.9 Å². The average Bonchev–Trinajstić information content (AvgIpc) is 3.44. The number of carbonyl (C=O) groups excluding carboxylic acids is 1. The quantitative estimate of drug-likeness (QED) is 0.679. The molecule has 1 saturated carbocycles. The first-order valence-corrected chi connectivity index (χ1v) is 10.3. The Morgan fingerprint density at radius 2 is 2.00 bits per heavy atom. The van der Waals surface area contributed by atoms with Crippen molar-refractivity contribution in [2.45, 2.75) is 31.6 Å². The van der Waals surface area contributed by atoms with Gasteiger partial charge in [0, 0.05) is 10.9 Å². The number of aryl methyl sites for hydroxylation is 1. The van der Waals surface area contributed by atoms with E-state index in [9.17, 15) is 17.6 Å². The molecule has 8 heteroatoms. The molecule has 0 unspecified atom stereocenters. The van der Waals surface area contributed by atoms with E-state index in [1.165, 1.54) is 6.07 Å². The maximum absolute atomic E-state index is 13.7. The van der Waals surface area contributed by atoms with Crippen molar-refractivity contribution in [3.8, 4) is 5.75 Å². The fraction of sp³-hybridized carbons (Fsp3) is 0.250. The third-order valence-corrected chi connectivity index (χ3v) is 6.43. The SMILES string of the molecule is Cc1oc2ccc(OCc3ccccc3F)cc2c1C(=O)NS(=O)(=O)C1CC1. The van der Waals surface area contributed by atoms with E-state index < -0.39 is 21.2 Å².